The van der Waals surface area contributed by atoms with Crippen LogP contribution in [0.4, 0.5) is 10.7 Å². The van der Waals surface area contributed by atoms with E-state index in [1.807, 2.05) is 20.8 Å². The van der Waals surface area contributed by atoms with E-state index >= 15 is 0 Å². The zero-order valence-electron chi connectivity index (χ0n) is 15.2. The number of hydrogen-bond donors (Lipinski definition) is 1. The molecule has 0 unspecified atom stereocenters. The van der Waals surface area contributed by atoms with Crippen molar-refractivity contribution in [3.8, 4) is 0 Å². The number of amides is 1. The number of likely N-dealkylation sites (tertiary alicyclic amines) is 1. The maximum absolute atomic E-state index is 12.0. The van der Waals surface area contributed by atoms with Crippen molar-refractivity contribution in [1.29, 1.82) is 0 Å². The minimum atomic E-state index is -0.485. The number of nitrogens with zero attached hydrogens (tertiary/aromatic N) is 3. The van der Waals surface area contributed by atoms with Gasteiger partial charge in [-0.1, -0.05) is 0 Å². The van der Waals surface area contributed by atoms with E-state index in [9.17, 15) is 9.59 Å². The first-order valence-electron chi connectivity index (χ1n) is 8.52. The molecule has 8 nitrogen and oxygen atoms in total. The highest BCUT2D eigenvalue weighted by Crippen LogP contribution is 2.17. The van der Waals surface area contributed by atoms with Gasteiger partial charge in [-0.05, 0) is 40.5 Å². The molecule has 25 heavy (non-hydrogen) atoms. The number of anilines is 1. The molecule has 2 rings (SSSR count). The molecular weight excluding hydrogens is 324 g/mol. The quantitative estimate of drug-likeness (QED) is 0.834. The van der Waals surface area contributed by atoms with Crippen LogP contribution < -0.4 is 5.32 Å². The van der Waals surface area contributed by atoms with Crippen LogP contribution in [0.2, 0.25) is 0 Å². The summed E-state index contributed by atoms with van der Waals surface area (Å²) in [7, 11) is 0. The Labute approximate surface area is 147 Å². The maximum Gasteiger partial charge on any atom is 0.410 e. The summed E-state index contributed by atoms with van der Waals surface area (Å²) >= 11 is 0. The fourth-order valence-electron chi connectivity index (χ4n) is 2.44. The number of esters is 1. The molecule has 1 amide bonds. The lowest BCUT2D eigenvalue weighted by atomic mass is 10.1. The summed E-state index contributed by atoms with van der Waals surface area (Å²) in [6.45, 7) is 8.87. The molecule has 1 aromatic heterocycles. The first kappa shape index (κ1) is 19.0. The van der Waals surface area contributed by atoms with Crippen molar-refractivity contribution in [2.24, 2.45) is 0 Å². The Balaban J connectivity index is 1.82. The Morgan fingerprint density at radius 1 is 1.24 bits per heavy atom. The zero-order chi connectivity index (χ0) is 18.4. The Morgan fingerprint density at radius 3 is 2.36 bits per heavy atom. The molecule has 1 aromatic rings. The lowest BCUT2D eigenvalue weighted by Gasteiger charge is -2.33. The van der Waals surface area contributed by atoms with Crippen LogP contribution in [0, 0.1) is 0 Å². The second-order valence-electron chi connectivity index (χ2n) is 6.90. The molecule has 1 saturated heterocycles. The smallest absolute Gasteiger partial charge is 0.410 e. The normalized spacial score (nSPS) is 15.6. The van der Waals surface area contributed by atoms with Crippen LogP contribution in [0.25, 0.3) is 0 Å². The van der Waals surface area contributed by atoms with Crippen LogP contribution in [-0.4, -0.2) is 58.3 Å². The fourth-order valence-corrected chi connectivity index (χ4v) is 2.44. The molecule has 1 N–H and O–H groups in total. The Bertz CT molecular complexity index is 590. The molecule has 0 saturated carbocycles. The number of carbonyl (C=O) groups is 2. The first-order valence-corrected chi connectivity index (χ1v) is 8.52. The molecular formula is C17H26N4O4. The molecule has 0 atom stereocenters. The van der Waals surface area contributed by atoms with Gasteiger partial charge in [-0.3, -0.25) is 0 Å². The van der Waals surface area contributed by atoms with E-state index in [4.69, 9.17) is 9.47 Å². The van der Waals surface area contributed by atoms with Gasteiger partial charge in [-0.25, -0.2) is 19.6 Å². The summed E-state index contributed by atoms with van der Waals surface area (Å²) < 4.78 is 10.3. The van der Waals surface area contributed by atoms with E-state index in [0.29, 0.717) is 31.2 Å². The summed E-state index contributed by atoms with van der Waals surface area (Å²) in [5.41, 5.74) is -0.159. The number of aromatic nitrogens is 2. The molecule has 2 heterocycles. The van der Waals surface area contributed by atoms with Gasteiger partial charge in [0.15, 0.2) is 0 Å². The minimum absolute atomic E-state index is 0.173. The average Bonchev–Trinajstić information content (AvgIpc) is 2.55. The van der Waals surface area contributed by atoms with Gasteiger partial charge in [0.1, 0.15) is 5.60 Å². The van der Waals surface area contributed by atoms with E-state index < -0.39 is 11.6 Å². The Morgan fingerprint density at radius 2 is 1.84 bits per heavy atom. The monoisotopic (exact) mass is 350 g/mol. The summed E-state index contributed by atoms with van der Waals surface area (Å²) in [6.07, 6.45) is 4.18. The van der Waals surface area contributed by atoms with Crippen LogP contribution in [0.3, 0.4) is 0 Å². The second-order valence-corrected chi connectivity index (χ2v) is 6.90. The van der Waals surface area contributed by atoms with Gasteiger partial charge in [0.05, 0.1) is 12.2 Å². The number of carbonyl (C=O) groups excluding carboxylic acids is 2. The second kappa shape index (κ2) is 8.13. The van der Waals surface area contributed by atoms with Crippen molar-refractivity contribution in [3.63, 3.8) is 0 Å². The van der Waals surface area contributed by atoms with E-state index in [1.165, 1.54) is 12.4 Å². The topological polar surface area (TPSA) is 93.7 Å². The van der Waals surface area contributed by atoms with E-state index in [0.717, 1.165) is 12.8 Å². The fraction of sp³-hybridized carbons (Fsp3) is 0.647. The molecule has 0 radical (unpaired) electrons. The SMILES string of the molecule is CCOC(=O)c1cnc(NC2CCN(C(=O)OC(C)(C)C)CC2)nc1. The predicted molar refractivity (Wildman–Crippen MR) is 92.4 cm³/mol. The molecule has 8 heteroatoms. The third-order valence-corrected chi connectivity index (χ3v) is 3.64. The van der Waals surface area contributed by atoms with Crippen LogP contribution in [0.5, 0.6) is 0 Å². The predicted octanol–water partition coefficient (Wildman–Crippen LogP) is 2.46. The van der Waals surface area contributed by atoms with Crippen molar-refractivity contribution in [2.45, 2.75) is 52.2 Å². The first-order chi connectivity index (χ1) is 11.8. The van der Waals surface area contributed by atoms with E-state index in [-0.39, 0.29) is 12.1 Å². The van der Waals surface area contributed by atoms with Gasteiger partial charge < -0.3 is 19.7 Å². The van der Waals surface area contributed by atoms with Gasteiger partial charge in [0, 0.05) is 31.5 Å². The third kappa shape index (κ3) is 5.88. The average molecular weight is 350 g/mol. The standard InChI is InChI=1S/C17H26N4O4/c1-5-24-14(22)12-10-18-15(19-11-12)20-13-6-8-21(9-7-13)16(23)25-17(2,3)4/h10-11,13H,5-9H2,1-4H3,(H,18,19,20). The minimum Gasteiger partial charge on any atom is -0.462 e. The van der Waals surface area contributed by atoms with Gasteiger partial charge in [-0.15, -0.1) is 0 Å². The largest absolute Gasteiger partial charge is 0.462 e. The molecule has 1 fully saturated rings. The van der Waals surface area contributed by atoms with E-state index in [2.05, 4.69) is 15.3 Å². The number of nitrogens with one attached hydrogen (secondary N) is 1. The highest BCUT2D eigenvalue weighted by atomic mass is 16.6. The summed E-state index contributed by atoms with van der Waals surface area (Å²) in [5.74, 6) is 0.0310. The Kier molecular flexibility index (Phi) is 6.17. The zero-order valence-corrected chi connectivity index (χ0v) is 15.2. The molecule has 0 aromatic carbocycles. The summed E-state index contributed by atoms with van der Waals surface area (Å²) in [6, 6.07) is 0.173. The highest BCUT2D eigenvalue weighted by Gasteiger charge is 2.27. The van der Waals surface area contributed by atoms with Crippen molar-refractivity contribution in [2.75, 3.05) is 25.0 Å². The van der Waals surface area contributed by atoms with Crippen LogP contribution >= 0.6 is 0 Å². The highest BCUT2D eigenvalue weighted by molar-refractivity contribution is 5.88. The van der Waals surface area contributed by atoms with Crippen LogP contribution in [-0.2, 0) is 9.47 Å². The van der Waals surface area contributed by atoms with Gasteiger partial charge in [0.25, 0.3) is 0 Å². The summed E-state index contributed by atoms with van der Waals surface area (Å²) in [4.78, 5) is 33.6. The van der Waals surface area contributed by atoms with Crippen molar-refractivity contribution in [1.82, 2.24) is 14.9 Å². The molecule has 1 aliphatic rings. The third-order valence-electron chi connectivity index (χ3n) is 3.64. The van der Waals surface area contributed by atoms with E-state index in [1.54, 1.807) is 11.8 Å². The van der Waals surface area contributed by atoms with Gasteiger partial charge in [0.2, 0.25) is 5.95 Å². The summed E-state index contributed by atoms with van der Waals surface area (Å²) in [5, 5.41) is 3.23. The lowest BCUT2D eigenvalue weighted by Crippen LogP contribution is -2.44. The van der Waals surface area contributed by atoms with Crippen molar-refractivity contribution in [3.05, 3.63) is 18.0 Å². The van der Waals surface area contributed by atoms with Gasteiger partial charge in [-0.2, -0.15) is 0 Å². The molecule has 138 valence electrons. The lowest BCUT2D eigenvalue weighted by molar-refractivity contribution is 0.0210. The van der Waals surface area contributed by atoms with Gasteiger partial charge >= 0.3 is 12.1 Å². The number of rotatable bonds is 4. The number of ether oxygens (including phenoxy) is 2. The number of piperidine rings is 1. The molecule has 0 bridgehead atoms. The molecule has 1 aliphatic heterocycles. The van der Waals surface area contributed by atoms with Crippen molar-refractivity contribution >= 4 is 18.0 Å². The van der Waals surface area contributed by atoms with Crippen molar-refractivity contribution < 1.29 is 19.1 Å². The maximum atomic E-state index is 12.0. The van der Waals surface area contributed by atoms with Crippen LogP contribution in [0.1, 0.15) is 50.9 Å². The Hall–Kier alpha value is -2.38. The molecule has 0 spiro atoms. The molecule has 0 aliphatic carbocycles. The number of hydrogen-bond acceptors (Lipinski definition) is 7. The van der Waals surface area contributed by atoms with Crippen LogP contribution in [0.15, 0.2) is 12.4 Å².